The summed E-state index contributed by atoms with van der Waals surface area (Å²) in [5.74, 6) is -0.380. The zero-order valence-electron chi connectivity index (χ0n) is 13.7. The zero-order chi connectivity index (χ0) is 16.8. The second-order valence-electron chi connectivity index (χ2n) is 6.36. The first-order chi connectivity index (χ1) is 11.7. The van der Waals surface area contributed by atoms with Gasteiger partial charge in [0.05, 0.1) is 6.54 Å². The second kappa shape index (κ2) is 8.39. The Morgan fingerprint density at radius 2 is 2.25 bits per heavy atom. The number of rotatable bonds is 5. The minimum absolute atomic E-state index is 0.0339. The predicted molar refractivity (Wildman–Crippen MR) is 86.3 cm³/mol. The van der Waals surface area contributed by atoms with Crippen LogP contribution in [0.2, 0.25) is 0 Å². The van der Waals surface area contributed by atoms with E-state index in [1.54, 1.807) is 0 Å². The summed E-state index contributed by atoms with van der Waals surface area (Å²) in [4.78, 5) is 18.2. The van der Waals surface area contributed by atoms with Crippen molar-refractivity contribution in [3.63, 3.8) is 0 Å². The highest BCUT2D eigenvalue weighted by atomic mass is 19.1. The summed E-state index contributed by atoms with van der Waals surface area (Å²) < 4.78 is 24.6. The molecular weight excluding hydrogens is 313 g/mol. The fourth-order valence-corrected chi connectivity index (χ4v) is 3.19. The number of halogens is 1. The number of pyridine rings is 1. The molecule has 1 atom stereocenters. The van der Waals surface area contributed by atoms with E-state index < -0.39 is 5.82 Å². The fourth-order valence-electron chi connectivity index (χ4n) is 3.19. The number of nitrogens with one attached hydrogen (secondary N) is 1. The van der Waals surface area contributed by atoms with E-state index in [4.69, 9.17) is 9.47 Å². The first kappa shape index (κ1) is 17.1. The number of hydrogen-bond donors (Lipinski definition) is 1. The van der Waals surface area contributed by atoms with Gasteiger partial charge >= 0.3 is 0 Å². The molecule has 1 N–H and O–H groups in total. The number of hydrogen-bond acceptors (Lipinski definition) is 5. The number of amides is 1. The van der Waals surface area contributed by atoms with Gasteiger partial charge in [0, 0.05) is 32.0 Å². The van der Waals surface area contributed by atoms with Crippen LogP contribution in [-0.4, -0.2) is 60.8 Å². The minimum Gasteiger partial charge on any atom is -0.471 e. The Balaban J connectivity index is 1.46. The molecule has 2 aliphatic heterocycles. The highest BCUT2D eigenvalue weighted by Crippen LogP contribution is 2.19. The molecule has 0 spiro atoms. The Kier molecular flexibility index (Phi) is 5.98. The van der Waals surface area contributed by atoms with Crippen molar-refractivity contribution in [2.24, 2.45) is 0 Å². The van der Waals surface area contributed by atoms with Gasteiger partial charge in [-0.25, -0.2) is 9.37 Å². The van der Waals surface area contributed by atoms with E-state index in [1.165, 1.54) is 18.3 Å². The van der Waals surface area contributed by atoms with Gasteiger partial charge in [-0.15, -0.1) is 0 Å². The van der Waals surface area contributed by atoms with Gasteiger partial charge < -0.3 is 14.8 Å². The molecule has 24 heavy (non-hydrogen) atoms. The van der Waals surface area contributed by atoms with Crippen LogP contribution in [0, 0.1) is 5.82 Å². The van der Waals surface area contributed by atoms with Crippen LogP contribution in [0.25, 0.3) is 0 Å². The molecule has 1 aromatic rings. The van der Waals surface area contributed by atoms with Crippen LogP contribution < -0.4 is 10.1 Å². The molecule has 1 amide bonds. The molecule has 2 fully saturated rings. The minimum atomic E-state index is -0.452. The van der Waals surface area contributed by atoms with Crippen LogP contribution in [0.1, 0.15) is 25.7 Å². The van der Waals surface area contributed by atoms with Crippen molar-refractivity contribution >= 4 is 5.91 Å². The van der Waals surface area contributed by atoms with E-state index in [1.807, 2.05) is 0 Å². The molecule has 2 aliphatic rings. The van der Waals surface area contributed by atoms with Crippen LogP contribution in [0.4, 0.5) is 4.39 Å². The molecule has 1 aromatic heterocycles. The van der Waals surface area contributed by atoms with Gasteiger partial charge in [0.25, 0.3) is 5.88 Å². The molecule has 0 bridgehead atoms. The first-order valence-electron chi connectivity index (χ1n) is 8.57. The van der Waals surface area contributed by atoms with Gasteiger partial charge in [0.2, 0.25) is 5.91 Å². The first-order valence-corrected chi connectivity index (χ1v) is 8.57. The Bertz CT molecular complexity index is 552. The lowest BCUT2D eigenvalue weighted by atomic mass is 10.1. The lowest BCUT2D eigenvalue weighted by Gasteiger charge is -2.32. The van der Waals surface area contributed by atoms with E-state index >= 15 is 0 Å². The third-order valence-electron chi connectivity index (χ3n) is 4.42. The number of aromatic nitrogens is 1. The van der Waals surface area contributed by atoms with E-state index in [0.29, 0.717) is 26.3 Å². The Morgan fingerprint density at radius 1 is 1.42 bits per heavy atom. The largest absolute Gasteiger partial charge is 0.471 e. The third-order valence-corrected chi connectivity index (χ3v) is 4.42. The molecule has 6 nitrogen and oxygen atoms in total. The maximum Gasteiger partial charge on any atom is 0.250 e. The van der Waals surface area contributed by atoms with Gasteiger partial charge in [-0.2, -0.15) is 0 Å². The summed E-state index contributed by atoms with van der Waals surface area (Å²) in [5.41, 5.74) is 0. The lowest BCUT2D eigenvalue weighted by Crippen LogP contribution is -2.48. The number of ether oxygens (including phenoxy) is 2. The fraction of sp³-hybridized carbons (Fsp3) is 0.647. The quantitative estimate of drug-likeness (QED) is 0.879. The summed E-state index contributed by atoms with van der Waals surface area (Å²) in [6.07, 6.45) is 4.88. The van der Waals surface area contributed by atoms with Crippen molar-refractivity contribution in [1.29, 1.82) is 0 Å². The van der Waals surface area contributed by atoms with Crippen LogP contribution in [0.3, 0.4) is 0 Å². The summed E-state index contributed by atoms with van der Waals surface area (Å²) in [6, 6.07) is 3.09. The molecule has 1 unspecified atom stereocenters. The average Bonchev–Trinajstić information content (AvgIpc) is 2.58. The van der Waals surface area contributed by atoms with Crippen molar-refractivity contribution in [2.45, 2.75) is 37.8 Å². The van der Waals surface area contributed by atoms with Gasteiger partial charge in [-0.1, -0.05) is 0 Å². The molecule has 0 aromatic carbocycles. The normalized spacial score (nSPS) is 23.0. The smallest absolute Gasteiger partial charge is 0.250 e. The highest BCUT2D eigenvalue weighted by Gasteiger charge is 2.25. The lowest BCUT2D eigenvalue weighted by molar-refractivity contribution is -0.124. The van der Waals surface area contributed by atoms with Crippen LogP contribution in [0.5, 0.6) is 5.88 Å². The third kappa shape index (κ3) is 4.88. The monoisotopic (exact) mass is 337 g/mol. The number of nitrogens with zero attached hydrogens (tertiary/aromatic N) is 2. The highest BCUT2D eigenvalue weighted by molar-refractivity contribution is 5.78. The van der Waals surface area contributed by atoms with E-state index in [9.17, 15) is 9.18 Å². The van der Waals surface area contributed by atoms with Gasteiger partial charge in [-0.05, 0) is 44.4 Å². The van der Waals surface area contributed by atoms with Crippen LogP contribution in [0.15, 0.2) is 18.3 Å². The SMILES string of the molecule is O=C(CN1CCCC(Oc2ncccc2F)C1)NC1CCOCC1. The van der Waals surface area contributed by atoms with Gasteiger partial charge in [-0.3, -0.25) is 9.69 Å². The van der Waals surface area contributed by atoms with E-state index in [0.717, 1.165) is 32.2 Å². The van der Waals surface area contributed by atoms with Crippen molar-refractivity contribution in [3.05, 3.63) is 24.1 Å². The van der Waals surface area contributed by atoms with E-state index in [-0.39, 0.29) is 23.9 Å². The van der Waals surface area contributed by atoms with Crippen molar-refractivity contribution in [2.75, 3.05) is 32.8 Å². The molecule has 7 heteroatoms. The zero-order valence-corrected chi connectivity index (χ0v) is 13.7. The standard InChI is InChI=1S/C17H24FN3O3/c18-15-4-1-7-19-17(15)24-14-3-2-8-21(11-14)12-16(22)20-13-5-9-23-10-6-13/h1,4,7,13-14H,2-3,5-6,8-12H2,(H,20,22). The summed E-state index contributed by atoms with van der Waals surface area (Å²) >= 11 is 0. The molecule has 0 saturated carbocycles. The Morgan fingerprint density at radius 3 is 3.04 bits per heavy atom. The molecule has 3 rings (SSSR count). The summed E-state index contributed by atoms with van der Waals surface area (Å²) in [5, 5.41) is 3.07. The molecule has 3 heterocycles. The van der Waals surface area contributed by atoms with Crippen molar-refractivity contribution in [1.82, 2.24) is 15.2 Å². The molecule has 0 aliphatic carbocycles. The number of piperidine rings is 1. The van der Waals surface area contributed by atoms with Crippen molar-refractivity contribution in [3.8, 4) is 5.88 Å². The van der Waals surface area contributed by atoms with Crippen LogP contribution >= 0.6 is 0 Å². The number of carbonyl (C=O) groups is 1. The maximum atomic E-state index is 13.6. The van der Waals surface area contributed by atoms with Gasteiger partial charge in [0.15, 0.2) is 5.82 Å². The Labute approximate surface area is 141 Å². The topological polar surface area (TPSA) is 63.7 Å². The predicted octanol–water partition coefficient (Wildman–Crippen LogP) is 1.36. The summed E-state index contributed by atoms with van der Waals surface area (Å²) in [6.45, 7) is 3.23. The molecule has 132 valence electrons. The number of likely N-dealkylation sites (tertiary alicyclic amines) is 1. The Hall–Kier alpha value is -1.73. The average molecular weight is 337 g/mol. The van der Waals surface area contributed by atoms with Gasteiger partial charge in [0.1, 0.15) is 6.10 Å². The number of carbonyl (C=O) groups excluding carboxylic acids is 1. The van der Waals surface area contributed by atoms with Crippen molar-refractivity contribution < 1.29 is 18.7 Å². The molecular formula is C17H24FN3O3. The molecule has 2 saturated heterocycles. The van der Waals surface area contributed by atoms with E-state index in [2.05, 4.69) is 15.2 Å². The van der Waals surface area contributed by atoms with Crippen LogP contribution in [-0.2, 0) is 9.53 Å². The summed E-state index contributed by atoms with van der Waals surface area (Å²) in [7, 11) is 0. The maximum absolute atomic E-state index is 13.6. The second-order valence-corrected chi connectivity index (χ2v) is 6.36. The molecule has 0 radical (unpaired) electrons.